The van der Waals surface area contributed by atoms with Crippen LogP contribution in [0.5, 0.6) is 23.0 Å². The van der Waals surface area contributed by atoms with Gasteiger partial charge in [-0.15, -0.1) is 9.80 Å². The minimum atomic E-state index is -0.0727. The summed E-state index contributed by atoms with van der Waals surface area (Å²) in [5.41, 5.74) is 19.5. The lowest BCUT2D eigenvalue weighted by Gasteiger charge is -2.63. The molecule has 4 fully saturated rings. The highest BCUT2D eigenvalue weighted by Crippen LogP contribution is 2.70. The molecule has 8 atom stereocenters. The first-order chi connectivity index (χ1) is 29.3. The van der Waals surface area contributed by atoms with Crippen LogP contribution in [0.25, 0.3) is 0 Å². The highest BCUT2D eigenvalue weighted by molar-refractivity contribution is 14.2. The second-order valence-corrected chi connectivity index (χ2v) is 20.3. The van der Waals surface area contributed by atoms with Crippen LogP contribution in [0.15, 0.2) is 84.9 Å². The van der Waals surface area contributed by atoms with Gasteiger partial charge in [0.2, 0.25) is 0 Å². The lowest BCUT2D eigenvalue weighted by molar-refractivity contribution is -0.122. The average molecular weight is 957 g/mol. The zero-order valence-corrected chi connectivity index (χ0v) is 42.0. The third-order valence-corrected chi connectivity index (χ3v) is 16.7. The molecule has 0 aromatic heterocycles. The van der Waals surface area contributed by atoms with Crippen LogP contribution in [-0.4, -0.2) is 0 Å². The van der Waals surface area contributed by atoms with Crippen molar-refractivity contribution in [2.45, 2.75) is 145 Å². The van der Waals surface area contributed by atoms with Gasteiger partial charge in [0, 0.05) is 16.8 Å². The topological polar surface area (TPSA) is 70.5 Å². The van der Waals surface area contributed by atoms with Gasteiger partial charge in [-0.2, -0.15) is 0 Å². The lowest BCUT2D eigenvalue weighted by atomic mass is 9.42. The van der Waals surface area contributed by atoms with Gasteiger partial charge in [0.1, 0.15) is 23.0 Å². The van der Waals surface area contributed by atoms with Crippen molar-refractivity contribution in [3.8, 4) is 23.0 Å². The molecule has 4 nitrogen and oxygen atoms in total. The average Bonchev–Trinajstić information content (AvgIpc) is 3.62. The van der Waals surface area contributed by atoms with Gasteiger partial charge in [0.05, 0.1) is 0 Å². The van der Waals surface area contributed by atoms with E-state index in [1.165, 1.54) is 81.8 Å². The molecular weight excluding hydrogens is 880 g/mol. The van der Waals surface area contributed by atoms with Crippen LogP contribution in [0.1, 0.15) is 148 Å². The summed E-state index contributed by atoms with van der Waals surface area (Å²) in [5.74, 6) is 9.29. The third-order valence-electron chi connectivity index (χ3n) is 16.7. The van der Waals surface area contributed by atoms with Crippen molar-refractivity contribution in [3.63, 3.8) is 0 Å². The normalized spacial score (nSPS) is 27.8. The molecule has 8 rings (SSSR count). The Bertz CT molecular complexity index is 1940. The first kappa shape index (κ1) is 47.6. The number of nitrogens with two attached hydrogens (primary N) is 2. The maximum atomic E-state index is 6.36. The number of fused-ring (bicyclic) bond motifs is 5. The van der Waals surface area contributed by atoms with E-state index in [0.29, 0.717) is 16.7 Å². The summed E-state index contributed by atoms with van der Waals surface area (Å²) in [4.78, 5) is 0. The van der Waals surface area contributed by atoms with Crippen LogP contribution in [0.4, 0.5) is 11.4 Å². The number of anilines is 2. The Hall–Kier alpha value is -2.84. The molecule has 0 saturated heterocycles. The van der Waals surface area contributed by atoms with Crippen molar-refractivity contribution in [1.29, 1.82) is 0 Å². The minimum Gasteiger partial charge on any atom is -0.457 e. The van der Waals surface area contributed by atoms with Crippen LogP contribution in [0, 0.1) is 66.1 Å². The fourth-order valence-electron chi connectivity index (χ4n) is 13.4. The minimum absolute atomic E-state index is 0.0727. The standard InChI is InChI=1S/C53H70N2O2.C2H6.HIS/c1-34(2)9-8-10-35(3)46-23-24-47-45-22-15-40-33-53(30-29-51(40,6)48(45)27-28-52(46,47)7,38-11-16-41(17-12-38)56-43-20-25-49(54)36(4)31-43)39-13-18-42(19-14-39)57-44-21-26-50(55)37(5)32-44;2*1-2/h11-14,16-21,25-26,31-32,34-35,40,45-48H,8-10,15,22-24,27-30,33,54-55H2,1-7H3;1-2H3;2H. The first-order valence-corrected chi connectivity index (χ1v) is 27.0. The number of nitrogen functional groups attached to an aromatic ring is 2. The first-order valence-electron chi connectivity index (χ1n) is 23.7. The largest absolute Gasteiger partial charge is 0.457 e. The number of rotatable bonds is 11. The number of hydrogen-bond acceptors (Lipinski definition) is 5. The van der Waals surface area contributed by atoms with E-state index in [0.717, 1.165) is 87.4 Å². The Balaban J connectivity index is 0.00000151. The summed E-state index contributed by atoms with van der Waals surface area (Å²) in [7, 11) is 3.50. The monoisotopic (exact) mass is 956 g/mol. The van der Waals surface area contributed by atoms with Gasteiger partial charge in [0.15, 0.2) is 0 Å². The Labute approximate surface area is 388 Å². The molecule has 0 heterocycles. The van der Waals surface area contributed by atoms with Crippen molar-refractivity contribution >= 4 is 42.4 Å². The Morgan fingerprint density at radius 2 is 1.13 bits per heavy atom. The van der Waals surface area contributed by atoms with Gasteiger partial charge in [-0.3, -0.25) is 0 Å². The predicted molar refractivity (Wildman–Crippen MR) is 272 cm³/mol. The lowest BCUT2D eigenvalue weighted by Crippen LogP contribution is -2.55. The molecule has 4 aliphatic carbocycles. The number of aryl methyl sites for hydroxylation is 2. The number of ether oxygens (including phenoxy) is 2. The molecule has 0 aliphatic heterocycles. The van der Waals surface area contributed by atoms with E-state index in [2.05, 4.69) is 92.9 Å². The summed E-state index contributed by atoms with van der Waals surface area (Å²) < 4.78 is 12.7. The molecule has 332 valence electrons. The molecule has 0 amide bonds. The highest BCUT2D eigenvalue weighted by atomic mass is 127. The second kappa shape index (κ2) is 20.3. The fourth-order valence-corrected chi connectivity index (χ4v) is 13.4. The summed E-state index contributed by atoms with van der Waals surface area (Å²) in [5, 5.41) is 0. The summed E-state index contributed by atoms with van der Waals surface area (Å²) in [6.45, 7) is 20.9. The van der Waals surface area contributed by atoms with Crippen molar-refractivity contribution in [2.24, 2.45) is 52.3 Å². The highest BCUT2D eigenvalue weighted by Gasteiger charge is 2.62. The second-order valence-electron chi connectivity index (χ2n) is 20.3. The maximum absolute atomic E-state index is 6.36. The van der Waals surface area contributed by atoms with E-state index >= 15 is 0 Å². The van der Waals surface area contributed by atoms with Crippen LogP contribution in [0.2, 0.25) is 0 Å². The predicted octanol–water partition coefficient (Wildman–Crippen LogP) is 16.8. The van der Waals surface area contributed by atoms with E-state index in [9.17, 15) is 0 Å². The van der Waals surface area contributed by atoms with E-state index in [1.54, 1.807) is 0 Å². The molecule has 4 aliphatic rings. The SMILES string of the molecule is CC.Cc1cc(Oc2ccc(C3(c4ccc(Oc5ccc(N)c(C)c5)cc4)CCC4(C)C(CCC5C4CCC4(C)C(C(C)CCCC(C)C)CCC54)C3)cc2)ccc1N.SI. The molecular formula is C55H77IN2O2S. The van der Waals surface area contributed by atoms with E-state index in [4.69, 9.17) is 20.9 Å². The van der Waals surface area contributed by atoms with Crippen molar-refractivity contribution in [2.75, 3.05) is 11.5 Å². The fraction of sp³-hybridized carbons (Fsp3) is 0.564. The molecule has 0 spiro atoms. The summed E-state index contributed by atoms with van der Waals surface area (Å²) in [6, 6.07) is 29.9. The Morgan fingerprint density at radius 3 is 1.64 bits per heavy atom. The Kier molecular flexibility index (Phi) is 15.9. The van der Waals surface area contributed by atoms with Crippen molar-refractivity contribution in [3.05, 3.63) is 107 Å². The Morgan fingerprint density at radius 1 is 0.623 bits per heavy atom. The molecule has 61 heavy (non-hydrogen) atoms. The van der Waals surface area contributed by atoms with E-state index in [1.807, 2.05) is 85.3 Å². The summed E-state index contributed by atoms with van der Waals surface area (Å²) >= 11 is 1.84. The quantitative estimate of drug-likeness (QED) is 0.0796. The van der Waals surface area contributed by atoms with Gasteiger partial charge in [-0.05, 0) is 228 Å². The zero-order chi connectivity index (χ0) is 44.1. The van der Waals surface area contributed by atoms with Crippen LogP contribution in [-0.2, 0) is 5.41 Å². The summed E-state index contributed by atoms with van der Waals surface area (Å²) in [6.07, 6.45) is 16.4. The zero-order valence-electron chi connectivity index (χ0n) is 38.9. The van der Waals surface area contributed by atoms with Crippen LogP contribution >= 0.6 is 31.0 Å². The van der Waals surface area contributed by atoms with Gasteiger partial charge in [-0.25, -0.2) is 0 Å². The van der Waals surface area contributed by atoms with E-state index < -0.39 is 0 Å². The molecule has 4 aromatic rings. The van der Waals surface area contributed by atoms with Gasteiger partial charge >= 0.3 is 0 Å². The van der Waals surface area contributed by atoms with Gasteiger partial charge < -0.3 is 20.9 Å². The number of benzene rings is 4. The van der Waals surface area contributed by atoms with Gasteiger partial charge in [-0.1, -0.05) is 92.0 Å². The molecule has 6 heteroatoms. The molecule has 4 aromatic carbocycles. The number of hydrogen-bond donors (Lipinski definition) is 3. The molecule has 8 unspecified atom stereocenters. The molecule has 4 saturated carbocycles. The van der Waals surface area contributed by atoms with Crippen molar-refractivity contribution in [1.82, 2.24) is 0 Å². The number of halogens is 1. The van der Waals surface area contributed by atoms with Crippen molar-refractivity contribution < 1.29 is 9.47 Å². The molecule has 0 radical (unpaired) electrons. The van der Waals surface area contributed by atoms with Gasteiger partial charge in [0.25, 0.3) is 0 Å². The van der Waals surface area contributed by atoms with E-state index in [-0.39, 0.29) is 5.41 Å². The molecule has 0 bridgehead atoms. The van der Waals surface area contributed by atoms with Crippen LogP contribution in [0.3, 0.4) is 0 Å². The number of thiol groups is 1. The molecule has 4 N–H and O–H groups in total. The third kappa shape index (κ3) is 9.81. The smallest absolute Gasteiger partial charge is 0.127 e. The maximum Gasteiger partial charge on any atom is 0.127 e. The van der Waals surface area contributed by atoms with Crippen LogP contribution < -0.4 is 20.9 Å².